The van der Waals surface area contributed by atoms with E-state index in [1.54, 1.807) is 11.7 Å². The first-order valence-corrected chi connectivity index (χ1v) is 8.83. The lowest BCUT2D eigenvalue weighted by molar-refractivity contribution is 0.341. The van der Waals surface area contributed by atoms with Crippen LogP contribution in [0.4, 0.5) is 0 Å². The standard InChI is InChI=1S/C17H20N4O2.C2H6/c1-4-8-12-14-15(21(3)20-12)17(22)19-16(18-14)11-9-6-7-10-13(11)23-5-2;1-2/h6-7,9-10H,4-5,8H2,1-3H3,(H,18,19,22);1-2H3. The molecular formula is C19H26N4O2. The van der Waals surface area contributed by atoms with E-state index in [0.717, 1.165) is 24.1 Å². The predicted molar refractivity (Wildman–Crippen MR) is 101 cm³/mol. The van der Waals surface area contributed by atoms with Crippen molar-refractivity contribution in [2.24, 2.45) is 7.05 Å². The minimum Gasteiger partial charge on any atom is -0.493 e. The van der Waals surface area contributed by atoms with Crippen LogP contribution in [0.1, 0.15) is 39.8 Å². The van der Waals surface area contributed by atoms with Gasteiger partial charge in [-0.1, -0.05) is 39.3 Å². The van der Waals surface area contributed by atoms with Gasteiger partial charge in [-0.05, 0) is 25.5 Å². The van der Waals surface area contributed by atoms with Crippen molar-refractivity contribution in [2.45, 2.75) is 40.5 Å². The summed E-state index contributed by atoms with van der Waals surface area (Å²) in [5, 5.41) is 4.44. The van der Waals surface area contributed by atoms with Gasteiger partial charge in [-0.3, -0.25) is 9.48 Å². The fourth-order valence-electron chi connectivity index (χ4n) is 2.72. The molecule has 0 atom stereocenters. The Morgan fingerprint density at radius 1 is 1.20 bits per heavy atom. The molecule has 2 heterocycles. The average Bonchev–Trinajstić information content (AvgIpc) is 2.94. The molecule has 6 nitrogen and oxygen atoms in total. The SMILES string of the molecule is CC.CCCc1nn(C)c2c(=O)[nH]c(-c3ccccc3OCC)nc12. The van der Waals surface area contributed by atoms with Gasteiger partial charge in [0.05, 0.1) is 17.9 Å². The van der Waals surface area contributed by atoms with Crippen molar-refractivity contribution in [1.82, 2.24) is 19.7 Å². The van der Waals surface area contributed by atoms with Crippen LogP contribution in [0.5, 0.6) is 5.75 Å². The van der Waals surface area contributed by atoms with E-state index in [1.165, 1.54) is 0 Å². The van der Waals surface area contributed by atoms with Crippen molar-refractivity contribution in [3.8, 4) is 17.1 Å². The third kappa shape index (κ3) is 3.73. The van der Waals surface area contributed by atoms with Gasteiger partial charge in [0.2, 0.25) is 0 Å². The minimum atomic E-state index is -0.186. The molecule has 6 heteroatoms. The van der Waals surface area contributed by atoms with Gasteiger partial charge in [0, 0.05) is 7.05 Å². The second-order valence-electron chi connectivity index (χ2n) is 5.36. The topological polar surface area (TPSA) is 72.8 Å². The average molecular weight is 342 g/mol. The first-order valence-electron chi connectivity index (χ1n) is 8.83. The number of nitrogens with one attached hydrogen (secondary N) is 1. The summed E-state index contributed by atoms with van der Waals surface area (Å²) in [4.78, 5) is 20.0. The summed E-state index contributed by atoms with van der Waals surface area (Å²) in [6, 6.07) is 7.57. The van der Waals surface area contributed by atoms with E-state index >= 15 is 0 Å². The van der Waals surface area contributed by atoms with Crippen LogP contribution in [-0.4, -0.2) is 26.4 Å². The van der Waals surface area contributed by atoms with Crippen LogP contribution in [-0.2, 0) is 13.5 Å². The Morgan fingerprint density at radius 2 is 1.92 bits per heavy atom. The molecule has 0 saturated heterocycles. The molecule has 1 N–H and O–H groups in total. The molecule has 0 spiro atoms. The zero-order valence-corrected chi connectivity index (χ0v) is 15.6. The number of ether oxygens (including phenoxy) is 1. The number of H-pyrrole nitrogens is 1. The van der Waals surface area contributed by atoms with Crippen LogP contribution >= 0.6 is 0 Å². The highest BCUT2D eigenvalue weighted by Crippen LogP contribution is 2.27. The van der Waals surface area contributed by atoms with Gasteiger partial charge in [0.25, 0.3) is 5.56 Å². The van der Waals surface area contributed by atoms with Gasteiger partial charge in [-0.15, -0.1) is 0 Å². The highest BCUT2D eigenvalue weighted by Gasteiger charge is 2.16. The van der Waals surface area contributed by atoms with Crippen molar-refractivity contribution in [2.75, 3.05) is 6.61 Å². The first-order chi connectivity index (χ1) is 12.2. The maximum absolute atomic E-state index is 12.5. The normalized spacial score (nSPS) is 10.4. The highest BCUT2D eigenvalue weighted by atomic mass is 16.5. The monoisotopic (exact) mass is 342 g/mol. The molecule has 0 aliphatic rings. The second-order valence-corrected chi connectivity index (χ2v) is 5.36. The number of rotatable bonds is 5. The Hall–Kier alpha value is -2.63. The molecule has 0 fully saturated rings. The molecule has 0 unspecified atom stereocenters. The van der Waals surface area contributed by atoms with Gasteiger partial charge in [-0.2, -0.15) is 5.10 Å². The summed E-state index contributed by atoms with van der Waals surface area (Å²) in [5.41, 5.74) is 2.62. The Labute approximate surface area is 147 Å². The lowest BCUT2D eigenvalue weighted by atomic mass is 10.1. The van der Waals surface area contributed by atoms with E-state index in [4.69, 9.17) is 4.74 Å². The molecule has 0 amide bonds. The number of nitrogens with zero attached hydrogens (tertiary/aromatic N) is 3. The number of benzene rings is 1. The summed E-state index contributed by atoms with van der Waals surface area (Å²) in [5.74, 6) is 1.22. The Kier molecular flexibility index (Phi) is 6.33. The fourth-order valence-corrected chi connectivity index (χ4v) is 2.72. The van der Waals surface area contributed by atoms with Crippen LogP contribution in [0.3, 0.4) is 0 Å². The van der Waals surface area contributed by atoms with Crippen molar-refractivity contribution in [1.29, 1.82) is 0 Å². The molecule has 0 saturated carbocycles. The van der Waals surface area contributed by atoms with Crippen molar-refractivity contribution < 1.29 is 4.74 Å². The molecule has 134 valence electrons. The van der Waals surface area contributed by atoms with E-state index in [0.29, 0.717) is 29.2 Å². The number of aromatic nitrogens is 4. The zero-order valence-electron chi connectivity index (χ0n) is 15.6. The van der Waals surface area contributed by atoms with Crippen LogP contribution < -0.4 is 10.3 Å². The molecule has 2 aromatic heterocycles. The van der Waals surface area contributed by atoms with E-state index in [2.05, 4.69) is 22.0 Å². The van der Waals surface area contributed by atoms with Crippen LogP contribution in [0.15, 0.2) is 29.1 Å². The molecular weight excluding hydrogens is 316 g/mol. The summed E-state index contributed by atoms with van der Waals surface area (Å²) >= 11 is 0. The molecule has 0 aliphatic heterocycles. The van der Waals surface area contributed by atoms with Crippen molar-refractivity contribution in [3.63, 3.8) is 0 Å². The van der Waals surface area contributed by atoms with E-state index < -0.39 is 0 Å². The molecule has 1 aromatic carbocycles. The lowest BCUT2D eigenvalue weighted by Gasteiger charge is -2.09. The third-order valence-electron chi connectivity index (χ3n) is 3.69. The number of hydrogen-bond donors (Lipinski definition) is 1. The Bertz CT molecular complexity index is 896. The van der Waals surface area contributed by atoms with Crippen LogP contribution in [0.2, 0.25) is 0 Å². The fraction of sp³-hybridized carbons (Fsp3) is 0.421. The van der Waals surface area contributed by atoms with Gasteiger partial charge in [0.15, 0.2) is 5.52 Å². The van der Waals surface area contributed by atoms with Crippen LogP contribution in [0, 0.1) is 0 Å². The van der Waals surface area contributed by atoms with E-state index in [-0.39, 0.29) is 5.56 Å². The molecule has 0 aliphatic carbocycles. The number of aromatic amines is 1. The van der Waals surface area contributed by atoms with Gasteiger partial charge in [0.1, 0.15) is 17.1 Å². The summed E-state index contributed by atoms with van der Waals surface area (Å²) in [7, 11) is 1.77. The largest absolute Gasteiger partial charge is 0.493 e. The van der Waals surface area contributed by atoms with Gasteiger partial charge >= 0.3 is 0 Å². The maximum atomic E-state index is 12.5. The second kappa shape index (κ2) is 8.46. The predicted octanol–water partition coefficient (Wildman–Crippen LogP) is 3.70. The Morgan fingerprint density at radius 3 is 2.60 bits per heavy atom. The quantitative estimate of drug-likeness (QED) is 0.767. The molecule has 3 rings (SSSR count). The Balaban J connectivity index is 0.00000109. The number of aryl methyl sites for hydroxylation is 2. The summed E-state index contributed by atoms with van der Waals surface area (Å²) in [6.07, 6.45) is 1.74. The highest BCUT2D eigenvalue weighted by molar-refractivity contribution is 5.79. The third-order valence-corrected chi connectivity index (χ3v) is 3.69. The van der Waals surface area contributed by atoms with Crippen molar-refractivity contribution >= 4 is 11.0 Å². The lowest BCUT2D eigenvalue weighted by Crippen LogP contribution is -2.12. The molecule has 0 bridgehead atoms. The molecule has 3 aromatic rings. The smallest absolute Gasteiger partial charge is 0.277 e. The first kappa shape index (κ1) is 18.7. The maximum Gasteiger partial charge on any atom is 0.277 e. The summed E-state index contributed by atoms with van der Waals surface area (Å²) in [6.45, 7) is 8.56. The van der Waals surface area contributed by atoms with E-state index in [1.807, 2.05) is 45.0 Å². The number of hydrogen-bond acceptors (Lipinski definition) is 4. The minimum absolute atomic E-state index is 0.186. The summed E-state index contributed by atoms with van der Waals surface area (Å²) < 4.78 is 7.24. The van der Waals surface area contributed by atoms with Gasteiger partial charge in [-0.25, -0.2) is 4.98 Å². The number of fused-ring (bicyclic) bond motifs is 1. The van der Waals surface area contributed by atoms with E-state index in [9.17, 15) is 4.79 Å². The van der Waals surface area contributed by atoms with Crippen molar-refractivity contribution in [3.05, 3.63) is 40.3 Å². The number of para-hydroxylation sites is 1. The zero-order chi connectivity index (χ0) is 18.4. The molecule has 25 heavy (non-hydrogen) atoms. The van der Waals surface area contributed by atoms with Gasteiger partial charge < -0.3 is 9.72 Å². The molecule has 0 radical (unpaired) electrons. The van der Waals surface area contributed by atoms with Crippen LogP contribution in [0.25, 0.3) is 22.4 Å².